The van der Waals surface area contributed by atoms with E-state index in [0.717, 1.165) is 17.4 Å². The normalized spacial score (nSPS) is 19.6. The fraction of sp³-hybridized carbons (Fsp3) is 0.300. The van der Waals surface area contributed by atoms with Gasteiger partial charge in [-0.1, -0.05) is 18.2 Å². The quantitative estimate of drug-likeness (QED) is 0.479. The van der Waals surface area contributed by atoms with Gasteiger partial charge in [-0.05, 0) is 66.6 Å². The van der Waals surface area contributed by atoms with Crippen molar-refractivity contribution in [3.05, 3.63) is 89.0 Å². The Balaban J connectivity index is 1.42. The van der Waals surface area contributed by atoms with Gasteiger partial charge in [-0.25, -0.2) is 8.42 Å². The van der Waals surface area contributed by atoms with Gasteiger partial charge in [-0.3, -0.25) is 14.4 Å². The van der Waals surface area contributed by atoms with Crippen LogP contribution in [0.4, 0.5) is 0 Å². The van der Waals surface area contributed by atoms with Gasteiger partial charge in [0.1, 0.15) is 17.6 Å². The number of ether oxygens (including phenoxy) is 2. The molecule has 3 amide bonds. The van der Waals surface area contributed by atoms with Crippen LogP contribution in [-0.2, 0) is 21.2 Å². The van der Waals surface area contributed by atoms with E-state index in [0.29, 0.717) is 42.1 Å². The minimum absolute atomic E-state index is 0.134. The standard InChI is InChI=1S/C30H31N3O7S/c1-19-3-6-22-15-27(19)39-18-28(34)31-16-20-4-9-23(10-5-20)40-26-13-14-33(17-25(26)32-29(22)35)30(36)21-7-11-24(12-8-21)41(2,37)38/h3-12,15,25-26H,13-14,16-18H2,1-2H3,(H,31,34)(H,32,35)/t25-,26-/m0/s1. The zero-order valence-corrected chi connectivity index (χ0v) is 23.6. The first kappa shape index (κ1) is 28.2. The van der Waals surface area contributed by atoms with Crippen molar-refractivity contribution in [3.8, 4) is 11.5 Å². The maximum absolute atomic E-state index is 13.4. The molecule has 2 N–H and O–H groups in total. The molecule has 6 rings (SSSR count). The molecular formula is C30H31N3O7S. The number of fused-ring (bicyclic) bond motifs is 7. The topological polar surface area (TPSA) is 131 Å². The highest BCUT2D eigenvalue weighted by Gasteiger charge is 2.35. The number of aryl methyl sites for hydroxylation is 1. The van der Waals surface area contributed by atoms with E-state index < -0.39 is 22.0 Å². The molecule has 2 atom stereocenters. The number of hydrogen-bond donors (Lipinski definition) is 2. The maximum Gasteiger partial charge on any atom is 0.258 e. The van der Waals surface area contributed by atoms with Crippen molar-refractivity contribution in [1.82, 2.24) is 15.5 Å². The highest BCUT2D eigenvalue weighted by Crippen LogP contribution is 2.24. The summed E-state index contributed by atoms with van der Waals surface area (Å²) in [5.41, 5.74) is 2.37. The molecule has 4 bridgehead atoms. The van der Waals surface area contributed by atoms with E-state index in [1.807, 2.05) is 31.2 Å². The second-order valence-electron chi connectivity index (χ2n) is 10.3. The van der Waals surface area contributed by atoms with E-state index >= 15 is 0 Å². The maximum atomic E-state index is 13.4. The lowest BCUT2D eigenvalue weighted by Gasteiger charge is -2.39. The van der Waals surface area contributed by atoms with Crippen LogP contribution in [0.3, 0.4) is 0 Å². The Kier molecular flexibility index (Phi) is 7.98. The van der Waals surface area contributed by atoms with Gasteiger partial charge >= 0.3 is 0 Å². The average Bonchev–Trinajstić information content (AvgIpc) is 2.96. The summed E-state index contributed by atoms with van der Waals surface area (Å²) in [7, 11) is -3.39. The molecule has 3 heterocycles. The molecule has 1 saturated heterocycles. The van der Waals surface area contributed by atoms with Crippen molar-refractivity contribution >= 4 is 27.6 Å². The summed E-state index contributed by atoms with van der Waals surface area (Å²) >= 11 is 0. The lowest BCUT2D eigenvalue weighted by atomic mass is 9.99. The van der Waals surface area contributed by atoms with E-state index in [4.69, 9.17) is 9.47 Å². The predicted octanol–water partition coefficient (Wildman–Crippen LogP) is 2.50. The van der Waals surface area contributed by atoms with E-state index in [-0.39, 0.29) is 35.8 Å². The van der Waals surface area contributed by atoms with Gasteiger partial charge < -0.3 is 25.0 Å². The molecule has 10 nitrogen and oxygen atoms in total. The first-order valence-corrected chi connectivity index (χ1v) is 15.1. The minimum atomic E-state index is -3.39. The Morgan fingerprint density at radius 2 is 1.73 bits per heavy atom. The Morgan fingerprint density at radius 1 is 1.00 bits per heavy atom. The zero-order chi connectivity index (χ0) is 29.1. The first-order valence-electron chi connectivity index (χ1n) is 13.2. The summed E-state index contributed by atoms with van der Waals surface area (Å²) in [6, 6.07) is 17.6. The molecular weight excluding hydrogens is 546 g/mol. The number of amides is 3. The van der Waals surface area contributed by atoms with Gasteiger partial charge in [0.05, 0.1) is 10.9 Å². The molecule has 0 saturated carbocycles. The monoisotopic (exact) mass is 577 g/mol. The fourth-order valence-corrected chi connectivity index (χ4v) is 5.46. The van der Waals surface area contributed by atoms with Gasteiger partial charge in [0.2, 0.25) is 0 Å². The predicted molar refractivity (Wildman–Crippen MR) is 151 cm³/mol. The van der Waals surface area contributed by atoms with Crippen LogP contribution in [0.2, 0.25) is 0 Å². The van der Waals surface area contributed by atoms with Gasteiger partial charge in [0, 0.05) is 43.4 Å². The van der Waals surface area contributed by atoms with Crippen molar-refractivity contribution in [2.24, 2.45) is 0 Å². The number of piperidine rings is 1. The van der Waals surface area contributed by atoms with Crippen LogP contribution in [0, 0.1) is 6.92 Å². The van der Waals surface area contributed by atoms with E-state index in [9.17, 15) is 22.8 Å². The smallest absolute Gasteiger partial charge is 0.258 e. The van der Waals surface area contributed by atoms with Crippen molar-refractivity contribution in [1.29, 1.82) is 0 Å². The van der Waals surface area contributed by atoms with Gasteiger partial charge in [-0.15, -0.1) is 0 Å². The molecule has 3 aliphatic heterocycles. The Hall–Kier alpha value is -4.38. The van der Waals surface area contributed by atoms with Crippen LogP contribution in [0.25, 0.3) is 0 Å². The average molecular weight is 578 g/mol. The van der Waals surface area contributed by atoms with Crippen LogP contribution < -0.4 is 20.1 Å². The van der Waals surface area contributed by atoms with Gasteiger partial charge in [0.15, 0.2) is 16.4 Å². The van der Waals surface area contributed by atoms with Crippen LogP contribution in [-0.4, -0.2) is 69.1 Å². The second kappa shape index (κ2) is 11.6. The summed E-state index contributed by atoms with van der Waals surface area (Å²) in [6.07, 6.45) is 1.15. The number of sulfone groups is 1. The summed E-state index contributed by atoms with van der Waals surface area (Å²) < 4.78 is 35.7. The van der Waals surface area contributed by atoms with Crippen LogP contribution in [0.1, 0.15) is 38.3 Å². The first-order chi connectivity index (χ1) is 19.6. The molecule has 3 aromatic carbocycles. The van der Waals surface area contributed by atoms with Crippen molar-refractivity contribution < 1.29 is 32.3 Å². The molecule has 0 radical (unpaired) electrons. The molecule has 0 aromatic heterocycles. The lowest BCUT2D eigenvalue weighted by Crippen LogP contribution is -2.58. The minimum Gasteiger partial charge on any atom is -0.488 e. The Labute approximate surface area is 238 Å². The highest BCUT2D eigenvalue weighted by atomic mass is 32.2. The zero-order valence-electron chi connectivity index (χ0n) is 22.8. The summed E-state index contributed by atoms with van der Waals surface area (Å²) in [5.74, 6) is 0.0984. The molecule has 0 unspecified atom stereocenters. The second-order valence-corrected chi connectivity index (χ2v) is 12.3. The Bertz CT molecular complexity index is 1570. The summed E-state index contributed by atoms with van der Waals surface area (Å²) in [5, 5.41) is 5.86. The summed E-state index contributed by atoms with van der Waals surface area (Å²) in [6.45, 7) is 2.54. The lowest BCUT2D eigenvalue weighted by molar-refractivity contribution is -0.123. The number of nitrogens with zero attached hydrogens (tertiary/aromatic N) is 1. The molecule has 1 fully saturated rings. The number of rotatable bonds is 2. The molecule has 41 heavy (non-hydrogen) atoms. The van der Waals surface area contributed by atoms with Crippen molar-refractivity contribution in [2.75, 3.05) is 26.0 Å². The molecule has 11 heteroatoms. The van der Waals surface area contributed by atoms with Crippen molar-refractivity contribution in [2.45, 2.75) is 36.9 Å². The number of likely N-dealkylation sites (tertiary alicyclic amines) is 1. The molecule has 0 spiro atoms. The van der Waals surface area contributed by atoms with E-state index in [1.165, 1.54) is 24.3 Å². The Morgan fingerprint density at radius 3 is 2.44 bits per heavy atom. The fourth-order valence-electron chi connectivity index (χ4n) is 4.83. The molecule has 214 valence electrons. The van der Waals surface area contributed by atoms with Crippen molar-refractivity contribution in [3.63, 3.8) is 0 Å². The number of hydrogen-bond acceptors (Lipinski definition) is 7. The number of nitrogens with one attached hydrogen (secondary N) is 2. The van der Waals surface area contributed by atoms with Crippen LogP contribution in [0.15, 0.2) is 71.6 Å². The third kappa shape index (κ3) is 6.68. The SMILES string of the molecule is Cc1ccc2cc1OCC(=O)NCc1ccc(cc1)O[C@H]1CCN(C(=O)c3ccc(S(C)(=O)=O)cc3)C[C@@H]1NC2=O. The highest BCUT2D eigenvalue weighted by molar-refractivity contribution is 7.90. The van der Waals surface area contributed by atoms with E-state index in [1.54, 1.807) is 23.1 Å². The third-order valence-electron chi connectivity index (χ3n) is 7.19. The number of benzene rings is 3. The van der Waals surface area contributed by atoms with Crippen LogP contribution in [0.5, 0.6) is 11.5 Å². The number of carbonyl (C=O) groups is 3. The van der Waals surface area contributed by atoms with Gasteiger partial charge in [0.25, 0.3) is 17.7 Å². The van der Waals surface area contributed by atoms with E-state index in [2.05, 4.69) is 10.6 Å². The third-order valence-corrected chi connectivity index (χ3v) is 8.32. The number of carbonyl (C=O) groups excluding carboxylic acids is 3. The largest absolute Gasteiger partial charge is 0.488 e. The molecule has 3 aromatic rings. The van der Waals surface area contributed by atoms with Gasteiger partial charge in [-0.2, -0.15) is 0 Å². The van der Waals surface area contributed by atoms with Crippen LogP contribution >= 0.6 is 0 Å². The molecule has 3 aliphatic rings. The summed E-state index contributed by atoms with van der Waals surface area (Å²) in [4.78, 5) is 40.8. The molecule has 0 aliphatic carbocycles.